The Kier molecular flexibility index (Phi) is 2.62. The fourth-order valence-corrected chi connectivity index (χ4v) is 2.62. The van der Waals surface area contributed by atoms with Crippen molar-refractivity contribution in [2.24, 2.45) is 0 Å². The fourth-order valence-electron chi connectivity index (χ4n) is 2.62. The zero-order chi connectivity index (χ0) is 15.1. The van der Waals surface area contributed by atoms with Crippen LogP contribution in [0.1, 0.15) is 0 Å². The van der Waals surface area contributed by atoms with Crippen LogP contribution in [0.4, 0.5) is 5.82 Å². The van der Waals surface area contributed by atoms with Crippen LogP contribution in [-0.2, 0) is 0 Å². The van der Waals surface area contributed by atoms with Crippen LogP contribution in [0.2, 0.25) is 0 Å². The Labute approximate surface area is 124 Å². The predicted molar refractivity (Wildman–Crippen MR) is 83.5 cm³/mol. The highest BCUT2D eigenvalue weighted by atomic mass is 16.6. The van der Waals surface area contributed by atoms with Gasteiger partial charge in [-0.1, -0.05) is 12.1 Å². The maximum Gasteiger partial charge on any atom is 0.364 e. The van der Waals surface area contributed by atoms with Crippen molar-refractivity contribution >= 4 is 27.6 Å². The molecule has 0 bridgehead atoms. The van der Waals surface area contributed by atoms with E-state index in [1.54, 1.807) is 12.3 Å². The summed E-state index contributed by atoms with van der Waals surface area (Å²) in [4.78, 5) is 21.6. The molecule has 1 N–H and O–H groups in total. The summed E-state index contributed by atoms with van der Waals surface area (Å²) in [6, 6.07) is 11.1. The first-order valence-electron chi connectivity index (χ1n) is 6.69. The van der Waals surface area contributed by atoms with Gasteiger partial charge in [-0.15, -0.1) is 0 Å². The molecule has 6 nitrogen and oxygen atoms in total. The molecule has 0 aliphatic carbocycles. The van der Waals surface area contributed by atoms with Gasteiger partial charge >= 0.3 is 5.82 Å². The van der Waals surface area contributed by atoms with Crippen molar-refractivity contribution < 1.29 is 4.92 Å². The number of benzene rings is 1. The minimum absolute atomic E-state index is 0.154. The number of aromatic amines is 1. The van der Waals surface area contributed by atoms with E-state index in [0.29, 0.717) is 0 Å². The van der Waals surface area contributed by atoms with Crippen LogP contribution in [0.15, 0.2) is 55.0 Å². The van der Waals surface area contributed by atoms with Gasteiger partial charge in [-0.2, -0.15) is 0 Å². The summed E-state index contributed by atoms with van der Waals surface area (Å²) in [6.07, 6.45) is 5.02. The van der Waals surface area contributed by atoms with Crippen LogP contribution in [0.3, 0.4) is 0 Å². The summed E-state index contributed by atoms with van der Waals surface area (Å²) >= 11 is 0. The highest BCUT2D eigenvalue weighted by molar-refractivity contribution is 6.07. The van der Waals surface area contributed by atoms with Gasteiger partial charge in [0.1, 0.15) is 6.20 Å². The van der Waals surface area contributed by atoms with Crippen LogP contribution in [-0.4, -0.2) is 19.9 Å². The van der Waals surface area contributed by atoms with Crippen molar-refractivity contribution in [1.82, 2.24) is 15.0 Å². The minimum atomic E-state index is -0.489. The molecule has 0 saturated heterocycles. The fraction of sp³-hybridized carbons (Fsp3) is 0. The lowest BCUT2D eigenvalue weighted by Crippen LogP contribution is -1.91. The summed E-state index contributed by atoms with van der Waals surface area (Å²) in [7, 11) is 0. The molecule has 0 spiro atoms. The Morgan fingerprint density at radius 3 is 2.68 bits per heavy atom. The van der Waals surface area contributed by atoms with Gasteiger partial charge in [-0.05, 0) is 39.2 Å². The first-order valence-corrected chi connectivity index (χ1v) is 6.69. The zero-order valence-corrected chi connectivity index (χ0v) is 11.4. The van der Waals surface area contributed by atoms with Gasteiger partial charge in [-0.3, -0.25) is 4.98 Å². The molecule has 0 radical (unpaired) electrons. The molecule has 0 unspecified atom stereocenters. The third-order valence-corrected chi connectivity index (χ3v) is 3.67. The molecular weight excluding hydrogens is 280 g/mol. The molecule has 0 atom stereocenters. The van der Waals surface area contributed by atoms with Crippen LogP contribution in [0, 0.1) is 10.1 Å². The molecule has 106 valence electrons. The number of pyridine rings is 2. The number of rotatable bonds is 2. The average Bonchev–Trinajstić information content (AvgIpc) is 2.92. The van der Waals surface area contributed by atoms with Crippen LogP contribution in [0.5, 0.6) is 0 Å². The van der Waals surface area contributed by atoms with Gasteiger partial charge in [0.2, 0.25) is 0 Å². The largest absolute Gasteiger partial charge is 0.364 e. The van der Waals surface area contributed by atoms with E-state index >= 15 is 0 Å². The van der Waals surface area contributed by atoms with Crippen molar-refractivity contribution in [3.63, 3.8) is 0 Å². The van der Waals surface area contributed by atoms with Gasteiger partial charge < -0.3 is 15.1 Å². The van der Waals surface area contributed by atoms with E-state index < -0.39 is 4.92 Å². The Morgan fingerprint density at radius 1 is 0.955 bits per heavy atom. The maximum atomic E-state index is 10.8. The Hall–Kier alpha value is -3.28. The maximum absolute atomic E-state index is 10.8. The Bertz CT molecular complexity index is 1020. The molecule has 0 aliphatic heterocycles. The normalized spacial score (nSPS) is 11.1. The number of nitro groups is 1. The lowest BCUT2D eigenvalue weighted by molar-refractivity contribution is -0.389. The third-order valence-electron chi connectivity index (χ3n) is 3.67. The van der Waals surface area contributed by atoms with E-state index in [1.807, 2.05) is 30.5 Å². The molecule has 22 heavy (non-hydrogen) atoms. The van der Waals surface area contributed by atoms with E-state index in [2.05, 4.69) is 15.0 Å². The molecule has 4 aromatic rings. The topological polar surface area (TPSA) is 84.7 Å². The number of H-pyrrole nitrogens is 1. The number of fused-ring (bicyclic) bond motifs is 3. The Morgan fingerprint density at radius 2 is 1.82 bits per heavy atom. The lowest BCUT2D eigenvalue weighted by Gasteiger charge is -2.01. The van der Waals surface area contributed by atoms with Crippen LogP contribution in [0.25, 0.3) is 32.9 Å². The van der Waals surface area contributed by atoms with Crippen molar-refractivity contribution in [2.75, 3.05) is 0 Å². The van der Waals surface area contributed by atoms with E-state index in [9.17, 15) is 10.1 Å². The molecule has 6 heteroatoms. The van der Waals surface area contributed by atoms with Crippen molar-refractivity contribution in [3.8, 4) is 11.1 Å². The summed E-state index contributed by atoms with van der Waals surface area (Å²) in [6.45, 7) is 0. The molecule has 0 amide bonds. The highest BCUT2D eigenvalue weighted by Crippen LogP contribution is 2.29. The zero-order valence-electron chi connectivity index (χ0n) is 11.4. The predicted octanol–water partition coefficient (Wildman–Crippen LogP) is 3.69. The average molecular weight is 290 g/mol. The second-order valence-corrected chi connectivity index (χ2v) is 4.97. The van der Waals surface area contributed by atoms with E-state index in [4.69, 9.17) is 0 Å². The summed E-state index contributed by atoms with van der Waals surface area (Å²) in [5.41, 5.74) is 3.65. The van der Waals surface area contributed by atoms with Gasteiger partial charge in [0, 0.05) is 40.3 Å². The van der Waals surface area contributed by atoms with E-state index in [1.165, 1.54) is 12.3 Å². The van der Waals surface area contributed by atoms with Gasteiger partial charge in [0.25, 0.3) is 0 Å². The van der Waals surface area contributed by atoms with Gasteiger partial charge in [-0.25, -0.2) is 0 Å². The second-order valence-electron chi connectivity index (χ2n) is 4.97. The number of aromatic nitrogens is 3. The summed E-state index contributed by atoms with van der Waals surface area (Å²) < 4.78 is 0. The monoisotopic (exact) mass is 290 g/mol. The van der Waals surface area contributed by atoms with Crippen LogP contribution < -0.4 is 0 Å². The smallest absolute Gasteiger partial charge is 0.358 e. The molecule has 0 fully saturated rings. The number of nitrogens with one attached hydrogen (secondary N) is 1. The molecule has 1 aromatic carbocycles. The number of hydrogen-bond acceptors (Lipinski definition) is 4. The van der Waals surface area contributed by atoms with Gasteiger partial charge in [0.05, 0.1) is 0 Å². The standard InChI is InChI=1S/C16H10N4O2/c21-20(22)16-8-11(3-6-18-16)10-1-2-12-13-9-17-5-4-14(13)19-15(12)7-10/h1-9,19H. The molecule has 3 aromatic heterocycles. The Balaban J connectivity index is 1.91. The van der Waals surface area contributed by atoms with E-state index in [0.717, 1.165) is 32.9 Å². The highest BCUT2D eigenvalue weighted by Gasteiger charge is 2.10. The third kappa shape index (κ3) is 1.89. The molecule has 4 rings (SSSR count). The first-order chi connectivity index (χ1) is 10.7. The first kappa shape index (κ1) is 12.5. The molecular formula is C16H10N4O2. The molecule has 0 saturated carbocycles. The number of nitrogens with zero attached hydrogens (tertiary/aromatic N) is 3. The lowest BCUT2D eigenvalue weighted by atomic mass is 10.0. The summed E-state index contributed by atoms with van der Waals surface area (Å²) in [5.74, 6) is -0.154. The minimum Gasteiger partial charge on any atom is -0.358 e. The molecule has 0 aliphatic rings. The van der Waals surface area contributed by atoms with Crippen molar-refractivity contribution in [3.05, 3.63) is 65.1 Å². The van der Waals surface area contributed by atoms with Crippen LogP contribution >= 0.6 is 0 Å². The second kappa shape index (κ2) is 4.63. The summed E-state index contributed by atoms with van der Waals surface area (Å²) in [5, 5.41) is 13.0. The quantitative estimate of drug-likeness (QED) is 0.450. The SMILES string of the molecule is O=[N+]([O-])c1cc(-c2ccc3c(c2)[nH]c2ccncc23)ccn1. The van der Waals surface area contributed by atoms with Crippen molar-refractivity contribution in [2.45, 2.75) is 0 Å². The van der Waals surface area contributed by atoms with Crippen molar-refractivity contribution in [1.29, 1.82) is 0 Å². The van der Waals surface area contributed by atoms with Gasteiger partial charge in [0.15, 0.2) is 0 Å². The van der Waals surface area contributed by atoms with E-state index in [-0.39, 0.29) is 5.82 Å². The molecule has 3 heterocycles. The number of hydrogen-bond donors (Lipinski definition) is 1.